The number of benzene rings is 2. The van der Waals surface area contributed by atoms with Gasteiger partial charge in [0.1, 0.15) is 0 Å². The Morgan fingerprint density at radius 2 is 1.57 bits per heavy atom. The van der Waals surface area contributed by atoms with Crippen LogP contribution in [0.5, 0.6) is 0 Å². The minimum Gasteiger partial charge on any atom is -0.399 e. The van der Waals surface area contributed by atoms with Gasteiger partial charge in [0.05, 0.1) is 4.90 Å². The summed E-state index contributed by atoms with van der Waals surface area (Å²) in [5.41, 5.74) is 8.24. The number of nitrogens with one attached hydrogen (secondary N) is 1. The average Bonchev–Trinajstić information content (AvgIpc) is 3.09. The second kappa shape index (κ2) is 6.60. The molecule has 1 heterocycles. The predicted molar refractivity (Wildman–Crippen MR) is 92.8 cm³/mol. The van der Waals surface area contributed by atoms with E-state index in [9.17, 15) is 8.42 Å². The van der Waals surface area contributed by atoms with Gasteiger partial charge in [0.15, 0.2) is 0 Å². The third kappa shape index (κ3) is 3.83. The minimum atomic E-state index is -3.51. The van der Waals surface area contributed by atoms with Crippen molar-refractivity contribution in [1.82, 2.24) is 4.72 Å². The van der Waals surface area contributed by atoms with E-state index in [0.29, 0.717) is 5.69 Å². The Labute approximate surface area is 137 Å². The molecular weight excluding hydrogens is 310 g/mol. The smallest absolute Gasteiger partial charge is 0.240 e. The lowest BCUT2D eigenvalue weighted by Gasteiger charge is -2.17. The Bertz CT molecular complexity index is 749. The minimum absolute atomic E-state index is 0.247. The molecule has 0 saturated carbocycles. The Balaban J connectivity index is 1.67. The standard InChI is InChI=1S/C17H21N3O2S/c18-15-5-3-14(4-6-15)13-19-23(21,22)17-9-7-16(8-10-17)20-11-1-2-12-20/h3-10,19H,1-2,11-13,18H2. The van der Waals surface area contributed by atoms with E-state index >= 15 is 0 Å². The van der Waals surface area contributed by atoms with Gasteiger partial charge in [-0.05, 0) is 54.8 Å². The molecule has 0 amide bonds. The van der Waals surface area contributed by atoms with Gasteiger partial charge >= 0.3 is 0 Å². The summed E-state index contributed by atoms with van der Waals surface area (Å²) >= 11 is 0. The van der Waals surface area contributed by atoms with Crippen molar-refractivity contribution in [1.29, 1.82) is 0 Å². The van der Waals surface area contributed by atoms with Gasteiger partial charge in [-0.3, -0.25) is 0 Å². The van der Waals surface area contributed by atoms with Crippen LogP contribution < -0.4 is 15.4 Å². The topological polar surface area (TPSA) is 75.4 Å². The maximum Gasteiger partial charge on any atom is 0.240 e. The van der Waals surface area contributed by atoms with Crippen LogP contribution in [0.1, 0.15) is 18.4 Å². The number of hydrogen-bond acceptors (Lipinski definition) is 4. The fraction of sp³-hybridized carbons (Fsp3) is 0.294. The lowest BCUT2D eigenvalue weighted by molar-refractivity contribution is 0.581. The van der Waals surface area contributed by atoms with Crippen LogP contribution in [-0.4, -0.2) is 21.5 Å². The van der Waals surface area contributed by atoms with Crippen molar-refractivity contribution in [2.45, 2.75) is 24.3 Å². The van der Waals surface area contributed by atoms with Gasteiger partial charge in [-0.25, -0.2) is 13.1 Å². The highest BCUT2D eigenvalue weighted by molar-refractivity contribution is 7.89. The van der Waals surface area contributed by atoms with E-state index in [0.717, 1.165) is 24.3 Å². The fourth-order valence-electron chi connectivity index (χ4n) is 2.71. The van der Waals surface area contributed by atoms with Crippen LogP contribution in [0.15, 0.2) is 53.4 Å². The molecule has 0 radical (unpaired) electrons. The highest BCUT2D eigenvalue weighted by atomic mass is 32.2. The van der Waals surface area contributed by atoms with Crippen molar-refractivity contribution in [3.63, 3.8) is 0 Å². The summed E-state index contributed by atoms with van der Waals surface area (Å²) in [6.07, 6.45) is 2.40. The number of nitrogen functional groups attached to an aromatic ring is 1. The van der Waals surface area contributed by atoms with E-state index in [-0.39, 0.29) is 11.4 Å². The number of sulfonamides is 1. The molecule has 1 saturated heterocycles. The molecule has 0 aliphatic carbocycles. The molecule has 1 aliphatic heterocycles. The van der Waals surface area contributed by atoms with Crippen molar-refractivity contribution in [3.05, 3.63) is 54.1 Å². The largest absolute Gasteiger partial charge is 0.399 e. The number of anilines is 2. The summed E-state index contributed by atoms with van der Waals surface area (Å²) in [7, 11) is -3.51. The Hall–Kier alpha value is -2.05. The van der Waals surface area contributed by atoms with Gasteiger partial charge in [-0.2, -0.15) is 0 Å². The van der Waals surface area contributed by atoms with Crippen molar-refractivity contribution in [2.24, 2.45) is 0 Å². The van der Waals surface area contributed by atoms with E-state index in [2.05, 4.69) is 9.62 Å². The lowest BCUT2D eigenvalue weighted by atomic mass is 10.2. The summed E-state index contributed by atoms with van der Waals surface area (Å²) in [6, 6.07) is 14.2. The van der Waals surface area contributed by atoms with Gasteiger partial charge in [0.2, 0.25) is 10.0 Å². The summed E-state index contributed by atoms with van der Waals surface area (Å²) < 4.78 is 27.3. The van der Waals surface area contributed by atoms with Gasteiger partial charge in [0, 0.05) is 31.0 Å². The van der Waals surface area contributed by atoms with Gasteiger partial charge in [0.25, 0.3) is 0 Å². The summed E-state index contributed by atoms with van der Waals surface area (Å²) in [5, 5.41) is 0. The molecule has 1 aliphatic rings. The first kappa shape index (κ1) is 15.8. The van der Waals surface area contributed by atoms with Crippen LogP contribution in [-0.2, 0) is 16.6 Å². The van der Waals surface area contributed by atoms with E-state index < -0.39 is 10.0 Å². The van der Waals surface area contributed by atoms with Crippen LogP contribution >= 0.6 is 0 Å². The zero-order chi connectivity index (χ0) is 16.3. The molecule has 23 heavy (non-hydrogen) atoms. The first-order valence-electron chi connectivity index (χ1n) is 7.74. The monoisotopic (exact) mass is 331 g/mol. The van der Waals surface area contributed by atoms with Crippen LogP contribution in [0.2, 0.25) is 0 Å². The van der Waals surface area contributed by atoms with Gasteiger partial charge in [-0.1, -0.05) is 12.1 Å². The number of hydrogen-bond donors (Lipinski definition) is 2. The quantitative estimate of drug-likeness (QED) is 0.825. The summed E-state index contributed by atoms with van der Waals surface area (Å²) in [6.45, 7) is 2.33. The Kier molecular flexibility index (Phi) is 4.54. The molecule has 122 valence electrons. The molecule has 0 aromatic heterocycles. The van der Waals surface area contributed by atoms with Gasteiger partial charge < -0.3 is 10.6 Å². The predicted octanol–water partition coefficient (Wildman–Crippen LogP) is 2.35. The van der Waals surface area contributed by atoms with E-state index in [4.69, 9.17) is 5.73 Å². The molecule has 6 heteroatoms. The molecule has 3 rings (SSSR count). The molecule has 1 fully saturated rings. The van der Waals surface area contributed by atoms with Crippen molar-refractivity contribution < 1.29 is 8.42 Å². The van der Waals surface area contributed by atoms with Crippen LogP contribution in [0.4, 0.5) is 11.4 Å². The van der Waals surface area contributed by atoms with Crippen LogP contribution in [0, 0.1) is 0 Å². The summed E-state index contributed by atoms with van der Waals surface area (Å²) in [5.74, 6) is 0. The van der Waals surface area contributed by atoms with Crippen molar-refractivity contribution in [2.75, 3.05) is 23.7 Å². The number of nitrogens with zero attached hydrogens (tertiary/aromatic N) is 1. The van der Waals surface area contributed by atoms with Gasteiger partial charge in [-0.15, -0.1) is 0 Å². The second-order valence-corrected chi connectivity index (χ2v) is 7.52. The third-order valence-corrected chi connectivity index (χ3v) is 5.48. The normalized spacial score (nSPS) is 15.0. The fourth-order valence-corrected chi connectivity index (χ4v) is 3.73. The molecule has 2 aromatic rings. The maximum absolute atomic E-state index is 12.4. The molecule has 0 spiro atoms. The second-order valence-electron chi connectivity index (χ2n) is 5.75. The average molecular weight is 331 g/mol. The molecule has 0 atom stereocenters. The lowest BCUT2D eigenvalue weighted by Crippen LogP contribution is -2.23. The van der Waals surface area contributed by atoms with Crippen LogP contribution in [0.25, 0.3) is 0 Å². The molecule has 3 N–H and O–H groups in total. The zero-order valence-electron chi connectivity index (χ0n) is 12.9. The van der Waals surface area contributed by atoms with E-state index in [1.165, 1.54) is 12.8 Å². The molecule has 0 bridgehead atoms. The SMILES string of the molecule is Nc1ccc(CNS(=O)(=O)c2ccc(N3CCCC3)cc2)cc1. The zero-order valence-corrected chi connectivity index (χ0v) is 13.7. The number of rotatable bonds is 5. The molecule has 0 unspecified atom stereocenters. The highest BCUT2D eigenvalue weighted by Crippen LogP contribution is 2.22. The van der Waals surface area contributed by atoms with Crippen LogP contribution in [0.3, 0.4) is 0 Å². The number of nitrogens with two attached hydrogens (primary N) is 1. The first-order valence-corrected chi connectivity index (χ1v) is 9.22. The Morgan fingerprint density at radius 3 is 2.17 bits per heavy atom. The van der Waals surface area contributed by atoms with E-state index in [1.54, 1.807) is 24.3 Å². The summed E-state index contributed by atoms with van der Waals surface area (Å²) in [4.78, 5) is 2.56. The molecule has 5 nitrogen and oxygen atoms in total. The van der Waals surface area contributed by atoms with Crippen molar-refractivity contribution >= 4 is 21.4 Å². The molecular formula is C17H21N3O2S. The molecule has 2 aromatic carbocycles. The first-order chi connectivity index (χ1) is 11.0. The highest BCUT2D eigenvalue weighted by Gasteiger charge is 2.16. The Morgan fingerprint density at radius 1 is 0.957 bits per heavy atom. The van der Waals surface area contributed by atoms with E-state index in [1.807, 2.05) is 24.3 Å². The van der Waals surface area contributed by atoms with Crippen molar-refractivity contribution in [3.8, 4) is 0 Å². The maximum atomic E-state index is 12.4. The third-order valence-electron chi connectivity index (χ3n) is 4.06.